The summed E-state index contributed by atoms with van der Waals surface area (Å²) in [5.74, 6) is 0. The van der Waals surface area contributed by atoms with Gasteiger partial charge in [-0.15, -0.1) is 0 Å². The van der Waals surface area contributed by atoms with E-state index in [1.165, 1.54) is 0 Å². The summed E-state index contributed by atoms with van der Waals surface area (Å²) in [5.41, 5.74) is 6.43. The summed E-state index contributed by atoms with van der Waals surface area (Å²) in [6.07, 6.45) is -0.267. The molecule has 13 heavy (non-hydrogen) atoms. The van der Waals surface area contributed by atoms with E-state index in [2.05, 4.69) is 4.52 Å². The second-order valence-corrected chi connectivity index (χ2v) is 3.38. The fourth-order valence-corrected chi connectivity index (χ4v) is 1.36. The molecule has 1 unspecified atom stereocenters. The van der Waals surface area contributed by atoms with Crippen LogP contribution in [-0.2, 0) is 15.5 Å². The normalized spacial score (nSPS) is 15.2. The van der Waals surface area contributed by atoms with Gasteiger partial charge in [0.15, 0.2) is 0 Å². The molecule has 0 aliphatic carbocycles. The number of hydrogen-bond donors (Lipinski definition) is 2. The van der Waals surface area contributed by atoms with Crippen LogP contribution in [0.1, 0.15) is 5.56 Å². The van der Waals surface area contributed by atoms with Crippen molar-refractivity contribution in [3.8, 4) is 0 Å². The van der Waals surface area contributed by atoms with E-state index in [1.54, 1.807) is 0 Å². The zero-order chi connectivity index (χ0) is 9.68. The van der Waals surface area contributed by atoms with Gasteiger partial charge in [0.2, 0.25) is 0 Å². The van der Waals surface area contributed by atoms with Crippen LogP contribution in [0.3, 0.4) is 0 Å². The molecule has 0 aliphatic rings. The maximum Gasteiger partial charge on any atom is 0.318 e. The highest BCUT2D eigenvalue weighted by Gasteiger charge is 2.05. The number of nitrogens with two attached hydrogens (primary N) is 1. The van der Waals surface area contributed by atoms with Crippen molar-refractivity contribution in [2.45, 2.75) is 12.6 Å². The van der Waals surface area contributed by atoms with E-state index in [0.29, 0.717) is 6.42 Å². The van der Waals surface area contributed by atoms with Gasteiger partial charge in [-0.1, -0.05) is 30.3 Å². The summed E-state index contributed by atoms with van der Waals surface area (Å²) in [6.45, 7) is 0. The summed E-state index contributed by atoms with van der Waals surface area (Å²) in [7, 11) is -2.93. The van der Waals surface area contributed by atoms with Crippen molar-refractivity contribution in [3.63, 3.8) is 0 Å². The van der Waals surface area contributed by atoms with Crippen LogP contribution >= 0.6 is 8.25 Å². The van der Waals surface area contributed by atoms with Gasteiger partial charge in [0, 0.05) is 6.42 Å². The Morgan fingerprint density at radius 3 is 2.62 bits per heavy atom. The fourth-order valence-electron chi connectivity index (χ4n) is 1.02. The molecule has 0 amide bonds. The van der Waals surface area contributed by atoms with E-state index >= 15 is 0 Å². The van der Waals surface area contributed by atoms with E-state index < -0.39 is 14.5 Å². The third-order valence-electron chi connectivity index (χ3n) is 1.53. The minimum Gasteiger partial charge on any atom is -0.326 e. The van der Waals surface area contributed by atoms with Gasteiger partial charge in [0.05, 0.1) is 0 Å². The monoisotopic (exact) mass is 201 g/mol. The molecule has 1 rings (SSSR count). The molecule has 0 spiro atoms. The van der Waals surface area contributed by atoms with Crippen molar-refractivity contribution in [1.29, 1.82) is 0 Å². The molecule has 0 saturated heterocycles. The zero-order valence-corrected chi connectivity index (χ0v) is 8.01. The van der Waals surface area contributed by atoms with E-state index in [1.807, 2.05) is 30.3 Å². The Hall–Kier alpha value is -0.670. The number of rotatable bonds is 4. The third-order valence-corrected chi connectivity index (χ3v) is 2.04. The topological polar surface area (TPSA) is 72.5 Å². The van der Waals surface area contributed by atoms with E-state index in [0.717, 1.165) is 5.56 Å². The lowest BCUT2D eigenvalue weighted by Gasteiger charge is -2.09. The highest BCUT2D eigenvalue weighted by atomic mass is 31.1. The quantitative estimate of drug-likeness (QED) is 0.561. The van der Waals surface area contributed by atoms with E-state index in [4.69, 9.17) is 10.6 Å². The molecule has 0 aliphatic heterocycles. The molecule has 0 heterocycles. The molecule has 72 valence electrons. The Labute approximate surface area is 77.3 Å². The smallest absolute Gasteiger partial charge is 0.318 e. The predicted octanol–water partition coefficient (Wildman–Crippen LogP) is 0.912. The second kappa shape index (κ2) is 5.14. The largest absolute Gasteiger partial charge is 0.326 e. The maximum atomic E-state index is 10.3. The maximum absolute atomic E-state index is 10.3. The molecule has 1 aromatic rings. The van der Waals surface area contributed by atoms with Crippen LogP contribution in [0.2, 0.25) is 0 Å². The Balaban J connectivity index is 2.45. The minimum atomic E-state index is -2.93. The average Bonchev–Trinajstić information content (AvgIpc) is 2.04. The van der Waals surface area contributed by atoms with Crippen LogP contribution in [0, 0.1) is 0 Å². The first kappa shape index (κ1) is 10.4. The van der Waals surface area contributed by atoms with Crippen LogP contribution in [0.15, 0.2) is 30.3 Å². The first-order chi connectivity index (χ1) is 6.18. The van der Waals surface area contributed by atoms with Gasteiger partial charge in [0.25, 0.3) is 0 Å². The van der Waals surface area contributed by atoms with Crippen molar-refractivity contribution in [3.05, 3.63) is 35.9 Å². The van der Waals surface area contributed by atoms with Gasteiger partial charge in [-0.05, 0) is 5.56 Å². The molecule has 0 radical (unpaired) electrons. The molecule has 4 nitrogen and oxygen atoms in total. The number of hydrogen-bond acceptors (Lipinski definition) is 3. The molecule has 0 bridgehead atoms. The SMILES string of the molecule is N[C@@H](Cc1ccccc1)O[PH](=O)O. The summed E-state index contributed by atoms with van der Waals surface area (Å²) < 4.78 is 14.8. The van der Waals surface area contributed by atoms with Gasteiger partial charge in [-0.3, -0.25) is 9.09 Å². The molecule has 0 aromatic heterocycles. The van der Waals surface area contributed by atoms with Crippen molar-refractivity contribution in [2.24, 2.45) is 5.73 Å². The van der Waals surface area contributed by atoms with Gasteiger partial charge < -0.3 is 10.6 Å². The Bertz CT molecular complexity index is 278. The Morgan fingerprint density at radius 1 is 1.46 bits per heavy atom. The highest BCUT2D eigenvalue weighted by molar-refractivity contribution is 7.32. The summed E-state index contributed by atoms with van der Waals surface area (Å²) >= 11 is 0. The van der Waals surface area contributed by atoms with E-state index in [-0.39, 0.29) is 0 Å². The van der Waals surface area contributed by atoms with Crippen LogP contribution in [0.5, 0.6) is 0 Å². The molecule has 1 aromatic carbocycles. The summed E-state index contributed by atoms with van der Waals surface area (Å²) in [5, 5.41) is 0. The lowest BCUT2D eigenvalue weighted by atomic mass is 10.1. The van der Waals surface area contributed by atoms with Crippen molar-refractivity contribution in [1.82, 2.24) is 0 Å². The standard InChI is InChI=1S/C8H12NO3P/c9-8(12-13(10)11)6-7-4-2-1-3-5-7/h1-5,8,13H,6,9H2,(H,10,11)/t8-/m1/s1. The Kier molecular flexibility index (Phi) is 4.12. The van der Waals surface area contributed by atoms with Crippen molar-refractivity contribution < 1.29 is 14.0 Å². The van der Waals surface area contributed by atoms with Gasteiger partial charge in [0.1, 0.15) is 6.23 Å². The Morgan fingerprint density at radius 2 is 2.08 bits per heavy atom. The van der Waals surface area contributed by atoms with Crippen molar-refractivity contribution in [2.75, 3.05) is 0 Å². The molecule has 0 fully saturated rings. The highest BCUT2D eigenvalue weighted by Crippen LogP contribution is 2.17. The third kappa shape index (κ3) is 4.20. The fraction of sp³-hybridized carbons (Fsp3) is 0.250. The first-order valence-corrected chi connectivity index (χ1v) is 5.14. The lowest BCUT2D eigenvalue weighted by Crippen LogP contribution is -2.23. The van der Waals surface area contributed by atoms with Gasteiger partial charge >= 0.3 is 8.25 Å². The van der Waals surface area contributed by atoms with Crippen LogP contribution in [0.4, 0.5) is 0 Å². The lowest BCUT2D eigenvalue weighted by molar-refractivity contribution is 0.195. The van der Waals surface area contributed by atoms with Crippen LogP contribution in [-0.4, -0.2) is 11.1 Å². The number of benzene rings is 1. The molecule has 2 atom stereocenters. The molecular formula is C8H12NO3P. The first-order valence-electron chi connectivity index (χ1n) is 3.87. The van der Waals surface area contributed by atoms with Gasteiger partial charge in [-0.25, -0.2) is 0 Å². The minimum absolute atomic E-state index is 0.442. The van der Waals surface area contributed by atoms with Gasteiger partial charge in [-0.2, -0.15) is 0 Å². The van der Waals surface area contributed by atoms with Crippen LogP contribution in [0.25, 0.3) is 0 Å². The molecule has 0 saturated carbocycles. The van der Waals surface area contributed by atoms with Crippen molar-refractivity contribution >= 4 is 8.25 Å². The molecular weight excluding hydrogens is 189 g/mol. The average molecular weight is 201 g/mol. The molecule has 5 heteroatoms. The van der Waals surface area contributed by atoms with E-state index in [9.17, 15) is 4.57 Å². The molecule has 3 N–H and O–H groups in total. The zero-order valence-electron chi connectivity index (χ0n) is 7.01. The van der Waals surface area contributed by atoms with Crippen LogP contribution < -0.4 is 5.73 Å². The summed E-state index contributed by atoms with van der Waals surface area (Å²) in [6, 6.07) is 9.43. The predicted molar refractivity (Wildman–Crippen MR) is 50.4 cm³/mol. The second-order valence-electron chi connectivity index (χ2n) is 2.61. The summed E-state index contributed by atoms with van der Waals surface area (Å²) in [4.78, 5) is 8.44.